The molecule has 11 nitrogen and oxygen atoms in total. The molecule has 0 fully saturated rings. The molecule has 0 aliphatic carbocycles. The maximum atomic E-state index is 12.8. The number of rotatable bonds is 6. The lowest BCUT2D eigenvalue weighted by atomic mass is 10.0. The minimum Gasteiger partial charge on any atom is -0.347 e. The van der Waals surface area contributed by atoms with Crippen LogP contribution in [0.5, 0.6) is 0 Å². The van der Waals surface area contributed by atoms with Crippen molar-refractivity contribution < 1.29 is 19.2 Å². The van der Waals surface area contributed by atoms with Crippen LogP contribution in [0.15, 0.2) is 30.6 Å². The van der Waals surface area contributed by atoms with Gasteiger partial charge in [-0.3, -0.25) is 24.2 Å². The third-order valence-electron chi connectivity index (χ3n) is 5.20. The Morgan fingerprint density at radius 1 is 1.12 bits per heavy atom. The smallest absolute Gasteiger partial charge is 0.314 e. The molecule has 0 saturated heterocycles. The number of amides is 4. The summed E-state index contributed by atoms with van der Waals surface area (Å²) in [4.78, 5) is 61.3. The van der Waals surface area contributed by atoms with Crippen molar-refractivity contribution in [1.82, 2.24) is 30.4 Å². The first-order chi connectivity index (χ1) is 16.1. The van der Waals surface area contributed by atoms with Gasteiger partial charge in [-0.25, -0.2) is 4.98 Å². The van der Waals surface area contributed by atoms with Crippen molar-refractivity contribution in [2.75, 3.05) is 39.5 Å². The third-order valence-corrected chi connectivity index (χ3v) is 5.43. The first kappa shape index (κ1) is 25.1. The molecule has 2 aromatic heterocycles. The Labute approximate surface area is 201 Å². The first-order valence-corrected chi connectivity index (χ1v) is 10.9. The lowest BCUT2D eigenvalue weighted by molar-refractivity contribution is -0.136. The second-order valence-electron chi connectivity index (χ2n) is 8.11. The second-order valence-corrected chi connectivity index (χ2v) is 8.55. The third kappa shape index (κ3) is 6.49. The summed E-state index contributed by atoms with van der Waals surface area (Å²) >= 11 is 5.75. The van der Waals surface area contributed by atoms with Crippen molar-refractivity contribution in [3.8, 4) is 0 Å². The number of nitrogens with one attached hydrogen (secondary N) is 3. The minimum absolute atomic E-state index is 0.142. The molecule has 0 aromatic carbocycles. The summed E-state index contributed by atoms with van der Waals surface area (Å²) in [6.45, 7) is 1.34. The van der Waals surface area contributed by atoms with Crippen LogP contribution >= 0.6 is 11.6 Å². The van der Waals surface area contributed by atoms with Crippen molar-refractivity contribution in [1.29, 1.82) is 0 Å². The molecule has 12 heteroatoms. The number of nitrogens with zero attached hydrogens (tertiary/aromatic N) is 4. The summed E-state index contributed by atoms with van der Waals surface area (Å²) in [5.74, 6) is -2.82. The van der Waals surface area contributed by atoms with Gasteiger partial charge in [-0.1, -0.05) is 11.6 Å². The van der Waals surface area contributed by atoms with E-state index in [0.29, 0.717) is 5.02 Å². The SMILES string of the molecule is CN1CCc2cc(C(=O)NC(CNC(=O)C(=O)Nc3ccc(Cl)cn3)C(=O)N(C)C)ncc2C1. The van der Waals surface area contributed by atoms with Gasteiger partial charge in [-0.2, -0.15) is 0 Å². The first-order valence-electron chi connectivity index (χ1n) is 10.5. The number of likely N-dealkylation sites (N-methyl/N-ethyl adjacent to an activating group) is 2. The van der Waals surface area contributed by atoms with Crippen LogP contribution in [0.4, 0.5) is 5.82 Å². The van der Waals surface area contributed by atoms with E-state index in [1.54, 1.807) is 12.3 Å². The van der Waals surface area contributed by atoms with Gasteiger partial charge in [0.05, 0.1) is 5.02 Å². The van der Waals surface area contributed by atoms with Crippen molar-refractivity contribution in [3.63, 3.8) is 0 Å². The average Bonchev–Trinajstić information content (AvgIpc) is 2.81. The Morgan fingerprint density at radius 3 is 2.56 bits per heavy atom. The van der Waals surface area contributed by atoms with Crippen molar-refractivity contribution in [2.45, 2.75) is 19.0 Å². The second kappa shape index (κ2) is 11.0. The highest BCUT2D eigenvalue weighted by Gasteiger charge is 2.26. The van der Waals surface area contributed by atoms with Gasteiger partial charge < -0.3 is 25.8 Å². The fourth-order valence-electron chi connectivity index (χ4n) is 3.35. The zero-order valence-corrected chi connectivity index (χ0v) is 19.8. The molecule has 3 rings (SSSR count). The minimum atomic E-state index is -1.10. The Kier molecular flexibility index (Phi) is 8.13. The largest absolute Gasteiger partial charge is 0.347 e. The Morgan fingerprint density at radius 2 is 1.88 bits per heavy atom. The quantitative estimate of drug-likeness (QED) is 0.490. The number of fused-ring (bicyclic) bond motifs is 1. The number of hydrogen-bond donors (Lipinski definition) is 3. The van der Waals surface area contributed by atoms with Gasteiger partial charge in [0.1, 0.15) is 17.6 Å². The number of carbonyl (C=O) groups excluding carboxylic acids is 4. The van der Waals surface area contributed by atoms with Crippen LogP contribution in [-0.2, 0) is 27.3 Å². The van der Waals surface area contributed by atoms with Gasteiger partial charge >= 0.3 is 11.8 Å². The molecule has 1 unspecified atom stereocenters. The molecule has 1 aliphatic heterocycles. The summed E-state index contributed by atoms with van der Waals surface area (Å²) in [5.41, 5.74) is 2.27. The molecule has 3 heterocycles. The molecule has 3 N–H and O–H groups in total. The standard InChI is InChI=1S/C22H26ClN7O4/c1-29(2)22(34)17(11-26-20(32)21(33)28-18-5-4-15(23)10-25-18)27-19(31)16-8-13-6-7-30(3)12-14(13)9-24-16/h4-5,8-10,17H,6-7,11-12H2,1-3H3,(H,26,32)(H,27,31)(H,25,28,33). The fraction of sp³-hybridized carbons (Fsp3) is 0.364. The van der Waals surface area contributed by atoms with E-state index in [0.717, 1.165) is 30.6 Å². The fourth-order valence-corrected chi connectivity index (χ4v) is 3.46. The summed E-state index contributed by atoms with van der Waals surface area (Å²) in [5, 5.41) is 7.68. The highest BCUT2D eigenvalue weighted by Crippen LogP contribution is 2.17. The van der Waals surface area contributed by atoms with Gasteiger partial charge in [0.2, 0.25) is 5.91 Å². The summed E-state index contributed by atoms with van der Waals surface area (Å²) < 4.78 is 0. The predicted molar refractivity (Wildman–Crippen MR) is 125 cm³/mol. The van der Waals surface area contributed by atoms with Crippen LogP contribution < -0.4 is 16.0 Å². The summed E-state index contributed by atoms with van der Waals surface area (Å²) in [6, 6.07) is 3.57. The number of aromatic nitrogens is 2. The topological polar surface area (TPSA) is 137 Å². The number of pyridine rings is 2. The Hall–Kier alpha value is -3.57. The van der Waals surface area contributed by atoms with E-state index < -0.39 is 29.7 Å². The number of anilines is 1. The van der Waals surface area contributed by atoms with Crippen LogP contribution in [-0.4, -0.2) is 83.7 Å². The van der Waals surface area contributed by atoms with Crippen molar-refractivity contribution in [3.05, 3.63) is 52.4 Å². The molecule has 0 bridgehead atoms. The molecule has 1 atom stereocenters. The Balaban J connectivity index is 1.63. The lowest BCUT2D eigenvalue weighted by Crippen LogP contribution is -2.53. The van der Waals surface area contributed by atoms with Crippen LogP contribution in [0.3, 0.4) is 0 Å². The predicted octanol–water partition coefficient (Wildman–Crippen LogP) is 0.0594. The van der Waals surface area contributed by atoms with E-state index >= 15 is 0 Å². The molecule has 1 aliphatic rings. The van der Waals surface area contributed by atoms with Crippen molar-refractivity contribution >= 4 is 41.0 Å². The number of carbonyl (C=O) groups is 4. The maximum Gasteiger partial charge on any atom is 0.314 e. The van der Waals surface area contributed by atoms with Gasteiger partial charge in [-0.05, 0) is 42.8 Å². The van der Waals surface area contributed by atoms with Gasteiger partial charge in [0.15, 0.2) is 0 Å². The monoisotopic (exact) mass is 487 g/mol. The normalized spacial score (nSPS) is 13.9. The van der Waals surface area contributed by atoms with Gasteiger partial charge in [0, 0.05) is 46.1 Å². The van der Waals surface area contributed by atoms with Crippen LogP contribution in [0.2, 0.25) is 5.02 Å². The molecular weight excluding hydrogens is 462 g/mol. The van der Waals surface area contributed by atoms with Gasteiger partial charge in [-0.15, -0.1) is 0 Å². The Bertz CT molecular complexity index is 1090. The summed E-state index contributed by atoms with van der Waals surface area (Å²) in [7, 11) is 5.06. The maximum absolute atomic E-state index is 12.8. The van der Waals surface area contributed by atoms with E-state index in [1.165, 1.54) is 37.3 Å². The number of halogens is 1. The molecule has 0 spiro atoms. The molecular formula is C22H26ClN7O4. The number of hydrogen-bond acceptors (Lipinski definition) is 7. The van der Waals surface area contributed by atoms with Crippen molar-refractivity contribution in [2.24, 2.45) is 0 Å². The molecule has 34 heavy (non-hydrogen) atoms. The van der Waals surface area contributed by atoms with E-state index in [1.807, 2.05) is 7.05 Å². The van der Waals surface area contributed by atoms with Crippen LogP contribution in [0, 0.1) is 0 Å². The molecule has 180 valence electrons. The van der Waals surface area contributed by atoms with Crippen LogP contribution in [0.25, 0.3) is 0 Å². The highest BCUT2D eigenvalue weighted by molar-refractivity contribution is 6.39. The highest BCUT2D eigenvalue weighted by atomic mass is 35.5. The summed E-state index contributed by atoms with van der Waals surface area (Å²) in [6.07, 6.45) is 3.78. The molecule has 0 radical (unpaired) electrons. The van der Waals surface area contributed by atoms with E-state index in [-0.39, 0.29) is 18.1 Å². The zero-order chi connectivity index (χ0) is 24.8. The lowest BCUT2D eigenvalue weighted by Gasteiger charge is -2.25. The van der Waals surface area contributed by atoms with E-state index in [2.05, 4.69) is 30.8 Å². The zero-order valence-electron chi connectivity index (χ0n) is 19.1. The van der Waals surface area contributed by atoms with Gasteiger partial charge in [0.25, 0.3) is 5.91 Å². The molecule has 4 amide bonds. The molecule has 0 saturated carbocycles. The average molecular weight is 488 g/mol. The van der Waals surface area contributed by atoms with E-state index in [4.69, 9.17) is 11.6 Å². The molecule has 2 aromatic rings. The van der Waals surface area contributed by atoms with Crippen LogP contribution in [0.1, 0.15) is 21.6 Å². The van der Waals surface area contributed by atoms with E-state index in [9.17, 15) is 19.2 Å².